The van der Waals surface area contributed by atoms with E-state index in [2.05, 4.69) is 25.0 Å². The minimum atomic E-state index is -0.263. The standard InChI is InChI=1S/C16H14N6O2S2/c1-8-6-13(18-15(23)14-9(2)19-21-26-14)22(20-8)16-17-11-5-4-10(24-3)7-12(11)25-16/h4-7H,1-3H3,(H,18,23). The average Bonchev–Trinajstić information content (AvgIpc) is 3.31. The van der Waals surface area contributed by atoms with Gasteiger partial charge in [-0.15, -0.1) is 5.10 Å². The molecule has 3 aromatic heterocycles. The minimum absolute atomic E-state index is 0.263. The van der Waals surface area contributed by atoms with Gasteiger partial charge in [-0.2, -0.15) is 9.78 Å². The van der Waals surface area contributed by atoms with Crippen LogP contribution in [0.4, 0.5) is 5.82 Å². The van der Waals surface area contributed by atoms with Gasteiger partial charge in [-0.05, 0) is 43.6 Å². The predicted octanol–water partition coefficient (Wildman–Crippen LogP) is 3.21. The number of carbonyl (C=O) groups is 1. The van der Waals surface area contributed by atoms with E-state index in [1.165, 1.54) is 11.3 Å². The van der Waals surface area contributed by atoms with Gasteiger partial charge in [-0.3, -0.25) is 4.79 Å². The Hall–Kier alpha value is -2.85. The summed E-state index contributed by atoms with van der Waals surface area (Å²) in [5, 5.41) is 11.9. The summed E-state index contributed by atoms with van der Waals surface area (Å²) in [5.41, 5.74) is 2.22. The Labute approximate surface area is 156 Å². The maximum absolute atomic E-state index is 12.5. The lowest BCUT2D eigenvalue weighted by Crippen LogP contribution is -2.14. The molecular formula is C16H14N6O2S2. The molecule has 0 aliphatic rings. The van der Waals surface area contributed by atoms with Crippen molar-refractivity contribution >= 4 is 44.8 Å². The van der Waals surface area contributed by atoms with Crippen molar-refractivity contribution in [3.63, 3.8) is 0 Å². The Morgan fingerprint density at radius 3 is 2.85 bits per heavy atom. The van der Waals surface area contributed by atoms with Crippen molar-refractivity contribution in [2.45, 2.75) is 13.8 Å². The molecule has 3 heterocycles. The third kappa shape index (κ3) is 2.93. The fourth-order valence-electron chi connectivity index (χ4n) is 2.46. The van der Waals surface area contributed by atoms with Crippen LogP contribution in [0.5, 0.6) is 5.75 Å². The van der Waals surface area contributed by atoms with Gasteiger partial charge < -0.3 is 10.1 Å². The molecule has 8 nitrogen and oxygen atoms in total. The molecule has 0 unspecified atom stereocenters. The molecule has 1 aromatic carbocycles. The van der Waals surface area contributed by atoms with Gasteiger partial charge in [0.15, 0.2) is 0 Å². The number of aryl methyl sites for hydroxylation is 2. The second-order valence-electron chi connectivity index (χ2n) is 5.55. The third-order valence-corrected chi connectivity index (χ3v) is 5.52. The highest BCUT2D eigenvalue weighted by Gasteiger charge is 2.18. The summed E-state index contributed by atoms with van der Waals surface area (Å²) >= 11 is 2.53. The third-order valence-electron chi connectivity index (χ3n) is 3.70. The molecule has 1 N–H and O–H groups in total. The SMILES string of the molecule is COc1ccc2nc(-n3nc(C)cc3NC(=O)c3snnc3C)sc2c1. The number of rotatable bonds is 4. The molecule has 10 heteroatoms. The van der Waals surface area contributed by atoms with Crippen LogP contribution < -0.4 is 10.1 Å². The minimum Gasteiger partial charge on any atom is -0.497 e. The topological polar surface area (TPSA) is 94.8 Å². The Kier molecular flexibility index (Phi) is 4.13. The molecule has 0 radical (unpaired) electrons. The lowest BCUT2D eigenvalue weighted by atomic mass is 10.3. The highest BCUT2D eigenvalue weighted by Crippen LogP contribution is 2.30. The molecule has 0 aliphatic carbocycles. The number of ether oxygens (including phenoxy) is 1. The fourth-order valence-corrected chi connectivity index (χ4v) is 3.97. The summed E-state index contributed by atoms with van der Waals surface area (Å²) < 4.78 is 11.7. The largest absolute Gasteiger partial charge is 0.497 e. The van der Waals surface area contributed by atoms with E-state index in [1.54, 1.807) is 24.8 Å². The quantitative estimate of drug-likeness (QED) is 0.579. The second-order valence-corrected chi connectivity index (χ2v) is 7.32. The van der Waals surface area contributed by atoms with Crippen LogP contribution in [0, 0.1) is 13.8 Å². The van der Waals surface area contributed by atoms with E-state index in [1.807, 2.05) is 25.1 Å². The molecule has 132 valence electrons. The van der Waals surface area contributed by atoms with Crippen molar-refractivity contribution in [3.05, 3.63) is 40.5 Å². The van der Waals surface area contributed by atoms with Crippen molar-refractivity contribution in [2.75, 3.05) is 12.4 Å². The van der Waals surface area contributed by atoms with Crippen molar-refractivity contribution in [2.24, 2.45) is 0 Å². The normalized spacial score (nSPS) is 11.0. The maximum atomic E-state index is 12.5. The number of anilines is 1. The molecule has 0 saturated carbocycles. The van der Waals surface area contributed by atoms with Gasteiger partial charge in [-0.1, -0.05) is 15.8 Å². The molecule has 0 saturated heterocycles. The molecule has 1 amide bonds. The van der Waals surface area contributed by atoms with Gasteiger partial charge in [0.25, 0.3) is 5.91 Å². The number of thiazole rings is 1. The molecule has 0 spiro atoms. The molecule has 4 aromatic rings. The summed E-state index contributed by atoms with van der Waals surface area (Å²) in [6, 6.07) is 7.49. The van der Waals surface area contributed by atoms with E-state index in [0.717, 1.165) is 33.2 Å². The second kappa shape index (κ2) is 6.46. The fraction of sp³-hybridized carbons (Fsp3) is 0.188. The van der Waals surface area contributed by atoms with Gasteiger partial charge in [0.1, 0.15) is 16.4 Å². The first kappa shape index (κ1) is 16.6. The Morgan fingerprint density at radius 1 is 1.27 bits per heavy atom. The van der Waals surface area contributed by atoms with Crippen LogP contribution in [0.1, 0.15) is 21.1 Å². The number of benzene rings is 1. The lowest BCUT2D eigenvalue weighted by Gasteiger charge is -2.05. The summed E-state index contributed by atoms with van der Waals surface area (Å²) in [4.78, 5) is 17.6. The lowest BCUT2D eigenvalue weighted by molar-refractivity contribution is 0.102. The zero-order chi connectivity index (χ0) is 18.3. The molecule has 26 heavy (non-hydrogen) atoms. The number of aromatic nitrogens is 5. The van der Waals surface area contributed by atoms with Crippen molar-refractivity contribution in [3.8, 4) is 10.9 Å². The molecule has 0 atom stereocenters. The number of methoxy groups -OCH3 is 1. The van der Waals surface area contributed by atoms with Gasteiger partial charge in [0.05, 0.1) is 28.7 Å². The van der Waals surface area contributed by atoms with E-state index < -0.39 is 0 Å². The number of carbonyl (C=O) groups excluding carboxylic acids is 1. The van der Waals surface area contributed by atoms with Crippen LogP contribution in [0.15, 0.2) is 24.3 Å². The first-order valence-corrected chi connectivity index (χ1v) is 9.26. The number of nitrogens with one attached hydrogen (secondary N) is 1. The van der Waals surface area contributed by atoms with E-state index in [4.69, 9.17) is 4.74 Å². The molecular weight excluding hydrogens is 372 g/mol. The summed E-state index contributed by atoms with van der Waals surface area (Å²) in [6.07, 6.45) is 0. The molecule has 4 rings (SSSR count). The van der Waals surface area contributed by atoms with Crippen LogP contribution in [0.3, 0.4) is 0 Å². The Balaban J connectivity index is 1.71. The van der Waals surface area contributed by atoms with E-state index in [9.17, 15) is 4.79 Å². The highest BCUT2D eigenvalue weighted by atomic mass is 32.1. The zero-order valence-corrected chi connectivity index (χ0v) is 15.8. The monoisotopic (exact) mass is 386 g/mol. The first-order chi connectivity index (χ1) is 12.5. The van der Waals surface area contributed by atoms with Gasteiger partial charge in [0, 0.05) is 6.07 Å². The number of amides is 1. The number of hydrogen-bond acceptors (Lipinski definition) is 8. The highest BCUT2D eigenvalue weighted by molar-refractivity contribution is 7.20. The van der Waals surface area contributed by atoms with Crippen molar-refractivity contribution in [1.82, 2.24) is 24.4 Å². The summed E-state index contributed by atoms with van der Waals surface area (Å²) in [6.45, 7) is 3.61. The van der Waals surface area contributed by atoms with Crippen molar-refractivity contribution in [1.29, 1.82) is 0 Å². The number of hydrogen-bond donors (Lipinski definition) is 1. The predicted molar refractivity (Wildman–Crippen MR) is 101 cm³/mol. The first-order valence-electron chi connectivity index (χ1n) is 7.67. The van der Waals surface area contributed by atoms with Crippen LogP contribution in [-0.2, 0) is 0 Å². The molecule has 0 aliphatic heterocycles. The van der Waals surface area contributed by atoms with Crippen molar-refractivity contribution < 1.29 is 9.53 Å². The van der Waals surface area contributed by atoms with E-state index >= 15 is 0 Å². The van der Waals surface area contributed by atoms with E-state index in [-0.39, 0.29) is 5.91 Å². The number of fused-ring (bicyclic) bond motifs is 1. The average molecular weight is 386 g/mol. The van der Waals surface area contributed by atoms with E-state index in [0.29, 0.717) is 21.5 Å². The summed E-state index contributed by atoms with van der Waals surface area (Å²) in [7, 11) is 1.63. The van der Waals surface area contributed by atoms with Gasteiger partial charge >= 0.3 is 0 Å². The van der Waals surface area contributed by atoms with Crippen LogP contribution in [0.2, 0.25) is 0 Å². The molecule has 0 fully saturated rings. The summed E-state index contributed by atoms with van der Waals surface area (Å²) in [5.74, 6) is 1.05. The van der Waals surface area contributed by atoms with Crippen LogP contribution >= 0.6 is 22.9 Å². The van der Waals surface area contributed by atoms with Crippen LogP contribution in [0.25, 0.3) is 15.3 Å². The van der Waals surface area contributed by atoms with Gasteiger partial charge in [0.2, 0.25) is 5.13 Å². The Morgan fingerprint density at radius 2 is 2.12 bits per heavy atom. The Bertz CT molecular complexity index is 1110. The maximum Gasteiger partial charge on any atom is 0.270 e. The number of nitrogens with zero attached hydrogens (tertiary/aromatic N) is 5. The zero-order valence-electron chi connectivity index (χ0n) is 14.2. The van der Waals surface area contributed by atoms with Gasteiger partial charge in [-0.25, -0.2) is 4.98 Å². The van der Waals surface area contributed by atoms with Crippen LogP contribution in [-0.4, -0.2) is 37.4 Å². The smallest absolute Gasteiger partial charge is 0.270 e. The molecule has 0 bridgehead atoms.